The van der Waals surface area contributed by atoms with Gasteiger partial charge in [-0.15, -0.1) is 11.3 Å². The molecule has 4 heteroatoms. The molecule has 0 aliphatic heterocycles. The Labute approximate surface area is 122 Å². The molecule has 0 spiro atoms. The SMILES string of the molecule is CC(C)(C)c1c(C(=O)O)sc2nc3c(cc12)CCCC3. The molecule has 0 fully saturated rings. The number of carboxylic acids is 1. The highest BCUT2D eigenvalue weighted by molar-refractivity contribution is 7.20. The van der Waals surface area contributed by atoms with Gasteiger partial charge in [0.1, 0.15) is 9.71 Å². The molecule has 0 amide bonds. The second-order valence-corrected chi connectivity index (χ2v) is 7.51. The van der Waals surface area contributed by atoms with E-state index < -0.39 is 5.97 Å². The molecule has 2 aromatic rings. The quantitative estimate of drug-likeness (QED) is 0.857. The van der Waals surface area contributed by atoms with Gasteiger partial charge in [0.15, 0.2) is 0 Å². The van der Waals surface area contributed by atoms with Gasteiger partial charge in [-0.25, -0.2) is 9.78 Å². The Hall–Kier alpha value is -1.42. The van der Waals surface area contributed by atoms with E-state index in [1.54, 1.807) is 0 Å². The highest BCUT2D eigenvalue weighted by atomic mass is 32.1. The van der Waals surface area contributed by atoms with E-state index in [-0.39, 0.29) is 5.41 Å². The van der Waals surface area contributed by atoms with Gasteiger partial charge in [-0.2, -0.15) is 0 Å². The van der Waals surface area contributed by atoms with E-state index in [0.29, 0.717) is 4.88 Å². The average Bonchev–Trinajstić information content (AvgIpc) is 2.74. The van der Waals surface area contributed by atoms with Crippen molar-refractivity contribution in [1.29, 1.82) is 0 Å². The third-order valence-corrected chi connectivity index (χ3v) is 4.99. The summed E-state index contributed by atoms with van der Waals surface area (Å²) in [6.45, 7) is 6.21. The molecule has 3 nitrogen and oxygen atoms in total. The highest BCUT2D eigenvalue weighted by Crippen LogP contribution is 2.40. The number of aromatic nitrogens is 1. The van der Waals surface area contributed by atoms with E-state index in [9.17, 15) is 9.90 Å². The van der Waals surface area contributed by atoms with Crippen LogP contribution in [0.3, 0.4) is 0 Å². The number of carbonyl (C=O) groups is 1. The van der Waals surface area contributed by atoms with E-state index in [2.05, 4.69) is 26.8 Å². The maximum Gasteiger partial charge on any atom is 0.346 e. The van der Waals surface area contributed by atoms with Crippen LogP contribution in [0.25, 0.3) is 10.2 Å². The maximum absolute atomic E-state index is 11.5. The Morgan fingerprint density at radius 3 is 2.65 bits per heavy atom. The lowest BCUT2D eigenvalue weighted by molar-refractivity contribution is 0.0700. The van der Waals surface area contributed by atoms with Crippen LogP contribution in [0, 0.1) is 0 Å². The molecule has 1 aliphatic rings. The zero-order chi connectivity index (χ0) is 14.5. The van der Waals surface area contributed by atoms with Crippen molar-refractivity contribution in [2.75, 3.05) is 0 Å². The fourth-order valence-electron chi connectivity index (χ4n) is 3.04. The van der Waals surface area contributed by atoms with Gasteiger partial charge in [-0.3, -0.25) is 0 Å². The van der Waals surface area contributed by atoms with E-state index in [1.165, 1.54) is 35.4 Å². The molecule has 0 saturated carbocycles. The lowest BCUT2D eigenvalue weighted by atomic mass is 9.84. The minimum atomic E-state index is -0.837. The number of fused-ring (bicyclic) bond motifs is 2. The summed E-state index contributed by atoms with van der Waals surface area (Å²) in [5, 5.41) is 10.5. The summed E-state index contributed by atoms with van der Waals surface area (Å²) in [4.78, 5) is 17.6. The molecule has 3 rings (SSSR count). The van der Waals surface area contributed by atoms with Gasteiger partial charge in [0.2, 0.25) is 0 Å². The lowest BCUT2D eigenvalue weighted by Gasteiger charge is -2.20. The first kappa shape index (κ1) is 13.6. The largest absolute Gasteiger partial charge is 0.477 e. The zero-order valence-corrected chi connectivity index (χ0v) is 12.9. The van der Waals surface area contributed by atoms with Crippen LogP contribution in [0.2, 0.25) is 0 Å². The molecule has 106 valence electrons. The van der Waals surface area contributed by atoms with E-state index in [0.717, 1.165) is 28.6 Å². The topological polar surface area (TPSA) is 50.2 Å². The second-order valence-electron chi connectivity index (χ2n) is 6.52. The standard InChI is InChI=1S/C16H19NO2S/c1-16(2,3)12-10-8-9-6-4-5-7-11(9)17-14(10)20-13(12)15(18)19/h8H,4-7H2,1-3H3,(H,18,19). The number of carboxylic acid groups (broad SMARTS) is 1. The summed E-state index contributed by atoms with van der Waals surface area (Å²) in [6.07, 6.45) is 4.49. The molecule has 0 bridgehead atoms. The molecule has 2 heterocycles. The van der Waals surface area contributed by atoms with Crippen LogP contribution in [-0.2, 0) is 18.3 Å². The van der Waals surface area contributed by atoms with Gasteiger partial charge in [0.05, 0.1) is 0 Å². The number of aromatic carboxylic acids is 1. The predicted octanol–water partition coefficient (Wildman–Crippen LogP) is 4.17. The smallest absolute Gasteiger partial charge is 0.346 e. The lowest BCUT2D eigenvalue weighted by Crippen LogP contribution is -2.15. The molecule has 0 atom stereocenters. The van der Waals surface area contributed by atoms with Crippen molar-refractivity contribution in [2.45, 2.75) is 51.9 Å². The Kier molecular flexibility index (Phi) is 3.09. The van der Waals surface area contributed by atoms with Crippen molar-refractivity contribution < 1.29 is 9.90 Å². The predicted molar refractivity (Wildman–Crippen MR) is 81.9 cm³/mol. The second kappa shape index (κ2) is 4.55. The van der Waals surface area contributed by atoms with Crippen LogP contribution in [-0.4, -0.2) is 16.1 Å². The number of rotatable bonds is 1. The summed E-state index contributed by atoms with van der Waals surface area (Å²) in [5.41, 5.74) is 3.23. The first-order chi connectivity index (χ1) is 9.38. The van der Waals surface area contributed by atoms with Crippen LogP contribution in [0.5, 0.6) is 0 Å². The molecule has 20 heavy (non-hydrogen) atoms. The molecular weight excluding hydrogens is 270 g/mol. The zero-order valence-electron chi connectivity index (χ0n) is 12.1. The van der Waals surface area contributed by atoms with Crippen LogP contribution in [0.15, 0.2) is 6.07 Å². The molecule has 0 unspecified atom stereocenters. The Bertz CT molecular complexity index is 695. The van der Waals surface area contributed by atoms with Gasteiger partial charge in [0.25, 0.3) is 0 Å². The minimum absolute atomic E-state index is 0.184. The first-order valence-corrected chi connectivity index (χ1v) is 7.88. The van der Waals surface area contributed by atoms with Gasteiger partial charge in [-0.1, -0.05) is 20.8 Å². The fourth-order valence-corrected chi connectivity index (χ4v) is 4.26. The van der Waals surface area contributed by atoms with Crippen molar-refractivity contribution in [2.24, 2.45) is 0 Å². The Morgan fingerprint density at radius 2 is 2.00 bits per heavy atom. The summed E-state index contributed by atoms with van der Waals surface area (Å²) in [6, 6.07) is 2.19. The Balaban J connectivity index is 2.33. The molecule has 0 radical (unpaired) electrons. The van der Waals surface area contributed by atoms with Crippen LogP contribution in [0.1, 0.15) is 60.1 Å². The highest BCUT2D eigenvalue weighted by Gasteiger charge is 2.28. The maximum atomic E-state index is 11.5. The summed E-state index contributed by atoms with van der Waals surface area (Å²) >= 11 is 1.32. The van der Waals surface area contributed by atoms with Crippen molar-refractivity contribution in [3.05, 3.63) is 27.8 Å². The Morgan fingerprint density at radius 1 is 1.30 bits per heavy atom. The van der Waals surface area contributed by atoms with E-state index >= 15 is 0 Å². The molecule has 0 saturated heterocycles. The normalized spacial score (nSPS) is 15.3. The number of nitrogens with zero attached hydrogens (tertiary/aromatic N) is 1. The van der Waals surface area contributed by atoms with Gasteiger partial charge >= 0.3 is 5.97 Å². The van der Waals surface area contributed by atoms with Crippen molar-refractivity contribution in [3.8, 4) is 0 Å². The van der Waals surface area contributed by atoms with Crippen LogP contribution in [0.4, 0.5) is 0 Å². The summed E-state index contributed by atoms with van der Waals surface area (Å²) in [5.74, 6) is -0.837. The molecule has 1 aliphatic carbocycles. The van der Waals surface area contributed by atoms with Crippen molar-refractivity contribution in [1.82, 2.24) is 4.98 Å². The summed E-state index contributed by atoms with van der Waals surface area (Å²) in [7, 11) is 0. The molecule has 1 N–H and O–H groups in total. The first-order valence-electron chi connectivity index (χ1n) is 7.07. The number of hydrogen-bond donors (Lipinski definition) is 1. The monoisotopic (exact) mass is 289 g/mol. The van der Waals surface area contributed by atoms with Gasteiger partial charge < -0.3 is 5.11 Å². The van der Waals surface area contributed by atoms with Gasteiger partial charge in [0, 0.05) is 11.1 Å². The number of hydrogen-bond acceptors (Lipinski definition) is 3. The van der Waals surface area contributed by atoms with E-state index in [4.69, 9.17) is 4.98 Å². The fraction of sp³-hybridized carbons (Fsp3) is 0.500. The average molecular weight is 289 g/mol. The molecule has 2 aromatic heterocycles. The van der Waals surface area contributed by atoms with Crippen LogP contribution >= 0.6 is 11.3 Å². The number of pyridine rings is 1. The number of thiophene rings is 1. The third kappa shape index (κ3) is 2.12. The third-order valence-electron chi connectivity index (χ3n) is 3.91. The van der Waals surface area contributed by atoms with E-state index in [1.807, 2.05) is 0 Å². The molecular formula is C16H19NO2S. The van der Waals surface area contributed by atoms with Gasteiger partial charge in [-0.05, 0) is 48.3 Å². The van der Waals surface area contributed by atoms with Crippen LogP contribution < -0.4 is 0 Å². The van der Waals surface area contributed by atoms with Crippen molar-refractivity contribution in [3.63, 3.8) is 0 Å². The van der Waals surface area contributed by atoms with Crippen molar-refractivity contribution >= 4 is 27.5 Å². The minimum Gasteiger partial charge on any atom is -0.477 e. The summed E-state index contributed by atoms with van der Waals surface area (Å²) < 4.78 is 0. The number of aryl methyl sites for hydroxylation is 2. The molecule has 0 aromatic carbocycles.